The van der Waals surface area contributed by atoms with Gasteiger partial charge in [-0.2, -0.15) is 4.98 Å². The van der Waals surface area contributed by atoms with Crippen LogP contribution in [-0.4, -0.2) is 86.0 Å². The third kappa shape index (κ3) is 7.33. The molecule has 2 heterocycles. The van der Waals surface area contributed by atoms with Crippen molar-refractivity contribution < 1.29 is 49.0 Å². The van der Waals surface area contributed by atoms with Crippen LogP contribution in [0.3, 0.4) is 0 Å². The molecule has 4 atom stereocenters. The molecule has 0 unspecified atom stereocenters. The smallest absolute Gasteiger partial charge is 0.351 e. The molecule has 3 rings (SSSR count). The zero-order chi connectivity index (χ0) is 26.9. The number of para-hydroxylation sites is 1. The van der Waals surface area contributed by atoms with Gasteiger partial charge in [-0.3, -0.25) is 14.2 Å². The van der Waals surface area contributed by atoms with Gasteiger partial charge in [0.15, 0.2) is 6.23 Å². The van der Waals surface area contributed by atoms with E-state index in [1.54, 1.807) is 12.1 Å². The van der Waals surface area contributed by atoms with Gasteiger partial charge in [0.1, 0.15) is 35.4 Å². The van der Waals surface area contributed by atoms with Gasteiger partial charge in [0.2, 0.25) is 5.91 Å². The predicted molar refractivity (Wildman–Crippen MR) is 123 cm³/mol. The standard InChI is InChI=1S/C23H27N3O11/c27-12-15-19(31)20(32)21(37-15)26-9-8-16(25-23(26)34)24-17(29)6-7-18(30)35-10-3-11-36-22(33)13-4-1-2-5-14(13)28/h1-2,4-5,8-9,15,19-21,27-28,31-32H,3,6-7,10-12H2,(H,24,25,29,34)/t15-,19-,20+,21-/m1/s1. The SMILES string of the molecule is O=C(CCC(=O)OCCCOC(=O)c1ccccc1O)Nc1ccn([C@@H]2O[C@H](CO)[C@@H](O)[C@@H]2O)c(=O)n1. The molecule has 0 aliphatic carbocycles. The van der Waals surface area contributed by atoms with Crippen LogP contribution in [0, 0.1) is 0 Å². The van der Waals surface area contributed by atoms with Crippen molar-refractivity contribution in [3.63, 3.8) is 0 Å². The molecule has 1 aliphatic heterocycles. The van der Waals surface area contributed by atoms with Gasteiger partial charge in [0.25, 0.3) is 0 Å². The summed E-state index contributed by atoms with van der Waals surface area (Å²) in [4.78, 5) is 51.7. The first-order valence-electron chi connectivity index (χ1n) is 11.3. The number of aliphatic hydroxyl groups is 3. The summed E-state index contributed by atoms with van der Waals surface area (Å²) in [6, 6.07) is 7.18. The van der Waals surface area contributed by atoms with E-state index in [2.05, 4.69) is 10.3 Å². The van der Waals surface area contributed by atoms with E-state index >= 15 is 0 Å². The number of phenolic OH excluding ortho intramolecular Hbond substituents is 1. The molecule has 14 heteroatoms. The molecule has 200 valence electrons. The fourth-order valence-corrected chi connectivity index (χ4v) is 3.41. The Balaban J connectivity index is 1.36. The zero-order valence-corrected chi connectivity index (χ0v) is 19.6. The van der Waals surface area contributed by atoms with Crippen LogP contribution < -0.4 is 11.0 Å². The predicted octanol–water partition coefficient (Wildman–Crippen LogP) is -0.931. The van der Waals surface area contributed by atoms with Crippen molar-refractivity contribution in [3.05, 3.63) is 52.6 Å². The van der Waals surface area contributed by atoms with E-state index in [0.29, 0.717) is 0 Å². The first kappa shape index (κ1) is 27.7. The van der Waals surface area contributed by atoms with E-state index in [-0.39, 0.29) is 49.6 Å². The maximum atomic E-state index is 12.3. The summed E-state index contributed by atoms with van der Waals surface area (Å²) in [6.45, 7) is -0.642. The van der Waals surface area contributed by atoms with Crippen LogP contribution in [0.5, 0.6) is 5.75 Å². The molecule has 1 aromatic carbocycles. The van der Waals surface area contributed by atoms with E-state index in [1.165, 1.54) is 24.4 Å². The monoisotopic (exact) mass is 521 g/mol. The van der Waals surface area contributed by atoms with Crippen LogP contribution in [0.25, 0.3) is 0 Å². The van der Waals surface area contributed by atoms with Gasteiger partial charge < -0.3 is 40.0 Å². The highest BCUT2D eigenvalue weighted by Crippen LogP contribution is 2.28. The molecule has 1 fully saturated rings. The molecule has 14 nitrogen and oxygen atoms in total. The van der Waals surface area contributed by atoms with E-state index < -0.39 is 54.7 Å². The number of carbonyl (C=O) groups is 3. The Kier molecular flexibility index (Phi) is 9.68. The normalized spacial score (nSPS) is 20.8. The van der Waals surface area contributed by atoms with Crippen LogP contribution in [0.2, 0.25) is 0 Å². The third-order valence-corrected chi connectivity index (χ3v) is 5.35. The second-order valence-corrected chi connectivity index (χ2v) is 8.01. The topological polar surface area (TPSA) is 207 Å². The summed E-state index contributed by atoms with van der Waals surface area (Å²) in [5, 5.41) is 41.0. The van der Waals surface area contributed by atoms with E-state index in [4.69, 9.17) is 19.3 Å². The van der Waals surface area contributed by atoms with Gasteiger partial charge >= 0.3 is 17.6 Å². The van der Waals surface area contributed by atoms with Crippen molar-refractivity contribution >= 4 is 23.7 Å². The highest BCUT2D eigenvalue weighted by Gasteiger charge is 2.43. The molecule has 0 bridgehead atoms. The third-order valence-electron chi connectivity index (χ3n) is 5.35. The molecular formula is C23H27N3O11. The summed E-state index contributed by atoms with van der Waals surface area (Å²) < 4.78 is 16.2. The van der Waals surface area contributed by atoms with Crippen molar-refractivity contribution in [2.24, 2.45) is 0 Å². The molecule has 0 radical (unpaired) electrons. The van der Waals surface area contributed by atoms with Crippen molar-refractivity contribution in [1.82, 2.24) is 9.55 Å². The highest BCUT2D eigenvalue weighted by atomic mass is 16.6. The van der Waals surface area contributed by atoms with Crippen molar-refractivity contribution in [2.45, 2.75) is 43.8 Å². The molecule has 1 aromatic heterocycles. The number of phenols is 1. The quantitative estimate of drug-likeness (QED) is 0.180. The molecule has 0 spiro atoms. The van der Waals surface area contributed by atoms with E-state index in [9.17, 15) is 34.5 Å². The number of nitrogens with zero attached hydrogens (tertiary/aromatic N) is 2. The lowest BCUT2D eigenvalue weighted by Crippen LogP contribution is -2.36. The average molecular weight is 521 g/mol. The first-order valence-corrected chi connectivity index (χ1v) is 11.3. The van der Waals surface area contributed by atoms with Gasteiger partial charge in [-0.05, 0) is 18.2 Å². The summed E-state index contributed by atoms with van der Waals surface area (Å²) in [5.41, 5.74) is -0.855. The molecule has 5 N–H and O–H groups in total. The number of aliphatic hydroxyl groups excluding tert-OH is 3. The van der Waals surface area contributed by atoms with Gasteiger partial charge in [0, 0.05) is 19.0 Å². The molecule has 1 amide bonds. The fourth-order valence-electron chi connectivity index (χ4n) is 3.41. The summed E-state index contributed by atoms with van der Waals surface area (Å²) in [7, 11) is 0. The number of esters is 2. The molecular weight excluding hydrogens is 494 g/mol. The number of aromatic nitrogens is 2. The number of amides is 1. The molecule has 37 heavy (non-hydrogen) atoms. The van der Waals surface area contributed by atoms with Gasteiger partial charge in [-0.1, -0.05) is 12.1 Å². The van der Waals surface area contributed by atoms with Crippen molar-refractivity contribution in [2.75, 3.05) is 25.1 Å². The Labute approximate surface area is 210 Å². The largest absolute Gasteiger partial charge is 0.507 e. The van der Waals surface area contributed by atoms with Crippen LogP contribution in [0.15, 0.2) is 41.3 Å². The lowest BCUT2D eigenvalue weighted by atomic mass is 10.1. The van der Waals surface area contributed by atoms with Crippen molar-refractivity contribution in [1.29, 1.82) is 0 Å². The van der Waals surface area contributed by atoms with Gasteiger partial charge in [0.05, 0.1) is 26.2 Å². The Bertz CT molecular complexity index is 1170. The van der Waals surface area contributed by atoms with E-state index in [1.807, 2.05) is 0 Å². The molecule has 0 saturated carbocycles. The summed E-state index contributed by atoms with van der Waals surface area (Å²) in [5.74, 6) is -2.27. The number of hydrogen-bond acceptors (Lipinski definition) is 12. The second kappa shape index (κ2) is 12.9. The van der Waals surface area contributed by atoms with Crippen LogP contribution in [-0.2, 0) is 23.8 Å². The average Bonchev–Trinajstić information content (AvgIpc) is 3.16. The number of ether oxygens (including phenoxy) is 3. The lowest BCUT2D eigenvalue weighted by molar-refractivity contribution is -0.144. The van der Waals surface area contributed by atoms with Crippen molar-refractivity contribution in [3.8, 4) is 5.75 Å². The second-order valence-electron chi connectivity index (χ2n) is 8.01. The molecule has 2 aromatic rings. The number of rotatable bonds is 11. The van der Waals surface area contributed by atoms with Crippen LogP contribution in [0.1, 0.15) is 35.8 Å². The van der Waals surface area contributed by atoms with Gasteiger partial charge in [-0.15, -0.1) is 0 Å². The number of hydrogen-bond donors (Lipinski definition) is 5. The minimum Gasteiger partial charge on any atom is -0.507 e. The maximum Gasteiger partial charge on any atom is 0.351 e. The Morgan fingerprint density at radius 3 is 2.46 bits per heavy atom. The minimum absolute atomic E-state index is 0.0240. The number of carbonyl (C=O) groups excluding carboxylic acids is 3. The lowest BCUT2D eigenvalue weighted by Gasteiger charge is -2.17. The Hall–Kier alpha value is -3.85. The summed E-state index contributed by atoms with van der Waals surface area (Å²) >= 11 is 0. The Morgan fingerprint density at radius 2 is 1.78 bits per heavy atom. The van der Waals surface area contributed by atoms with Crippen LogP contribution in [0.4, 0.5) is 5.82 Å². The zero-order valence-electron chi connectivity index (χ0n) is 19.6. The number of nitrogens with one attached hydrogen (secondary N) is 1. The number of anilines is 1. The first-order chi connectivity index (χ1) is 17.7. The van der Waals surface area contributed by atoms with Gasteiger partial charge in [-0.25, -0.2) is 9.59 Å². The number of aromatic hydroxyl groups is 1. The number of benzene rings is 1. The van der Waals surface area contributed by atoms with E-state index in [0.717, 1.165) is 4.57 Å². The highest BCUT2D eigenvalue weighted by molar-refractivity contribution is 5.92. The minimum atomic E-state index is -1.47. The maximum absolute atomic E-state index is 12.3. The molecule has 1 aliphatic rings. The van der Waals surface area contributed by atoms with Crippen LogP contribution >= 0.6 is 0 Å². The Morgan fingerprint density at radius 1 is 1.05 bits per heavy atom. The molecule has 1 saturated heterocycles. The summed E-state index contributed by atoms with van der Waals surface area (Å²) in [6.07, 6.45) is -4.26. The fraction of sp³-hybridized carbons (Fsp3) is 0.435.